The number of amides is 1. The van der Waals surface area contributed by atoms with E-state index in [9.17, 15) is 13.2 Å². The number of nitrogens with one attached hydrogen (secondary N) is 1. The average molecular weight is 359 g/mol. The standard InChI is InChI=1S/C16H23ClN2O3S/c1-23(21,22)19(13-8-4-2-3-5-9-13)12-16(20)18-15-11-7-6-10-14(15)17/h6-7,10-11,13H,2-5,8-9,12H2,1H3,(H,18,20). The van der Waals surface area contributed by atoms with Crippen LogP contribution < -0.4 is 5.32 Å². The molecule has 0 unspecified atom stereocenters. The Bertz CT molecular complexity index is 640. The molecule has 1 amide bonds. The predicted octanol–water partition coefficient (Wildman–Crippen LogP) is 3.26. The van der Waals surface area contributed by atoms with Gasteiger partial charge in [0.2, 0.25) is 15.9 Å². The first kappa shape index (κ1) is 18.2. The van der Waals surface area contributed by atoms with Crippen molar-refractivity contribution in [3.8, 4) is 0 Å². The Morgan fingerprint density at radius 3 is 2.39 bits per heavy atom. The van der Waals surface area contributed by atoms with E-state index in [0.29, 0.717) is 10.7 Å². The van der Waals surface area contributed by atoms with Crippen molar-refractivity contribution in [2.24, 2.45) is 0 Å². The number of carbonyl (C=O) groups excluding carboxylic acids is 1. The van der Waals surface area contributed by atoms with Crippen LogP contribution in [0.4, 0.5) is 5.69 Å². The highest BCUT2D eigenvalue weighted by Gasteiger charge is 2.29. The summed E-state index contributed by atoms with van der Waals surface area (Å²) in [6.07, 6.45) is 7.05. The van der Waals surface area contributed by atoms with Crippen molar-refractivity contribution in [2.75, 3.05) is 18.1 Å². The highest BCUT2D eigenvalue weighted by molar-refractivity contribution is 7.88. The fourth-order valence-electron chi connectivity index (χ4n) is 2.96. The summed E-state index contributed by atoms with van der Waals surface area (Å²) in [5.41, 5.74) is 0.494. The van der Waals surface area contributed by atoms with Gasteiger partial charge < -0.3 is 5.32 Å². The van der Waals surface area contributed by atoms with Crippen molar-refractivity contribution in [3.05, 3.63) is 29.3 Å². The van der Waals surface area contributed by atoms with Crippen LogP contribution in [0.5, 0.6) is 0 Å². The second-order valence-electron chi connectivity index (χ2n) is 5.98. The molecule has 2 rings (SSSR count). The molecule has 0 bridgehead atoms. The maximum absolute atomic E-state index is 12.3. The van der Waals surface area contributed by atoms with Crippen LogP contribution in [0.3, 0.4) is 0 Å². The molecule has 128 valence electrons. The smallest absolute Gasteiger partial charge is 0.239 e. The molecule has 1 aliphatic rings. The zero-order valence-corrected chi connectivity index (χ0v) is 14.9. The van der Waals surface area contributed by atoms with E-state index in [1.807, 2.05) is 0 Å². The van der Waals surface area contributed by atoms with E-state index in [-0.39, 0.29) is 18.5 Å². The molecule has 1 fully saturated rings. The van der Waals surface area contributed by atoms with Gasteiger partial charge in [-0.1, -0.05) is 49.4 Å². The fraction of sp³-hybridized carbons (Fsp3) is 0.562. The van der Waals surface area contributed by atoms with Crippen molar-refractivity contribution in [3.63, 3.8) is 0 Å². The molecule has 0 spiro atoms. The van der Waals surface area contributed by atoms with E-state index in [4.69, 9.17) is 11.6 Å². The third-order valence-corrected chi connectivity index (χ3v) is 5.71. The second-order valence-corrected chi connectivity index (χ2v) is 8.32. The van der Waals surface area contributed by atoms with Gasteiger partial charge in [0.15, 0.2) is 0 Å². The van der Waals surface area contributed by atoms with Gasteiger partial charge in [-0.3, -0.25) is 4.79 Å². The Labute approximate surface area is 143 Å². The summed E-state index contributed by atoms with van der Waals surface area (Å²) in [4.78, 5) is 12.3. The third kappa shape index (κ3) is 5.48. The van der Waals surface area contributed by atoms with Crippen LogP contribution in [0.25, 0.3) is 0 Å². The maximum Gasteiger partial charge on any atom is 0.239 e. The molecule has 5 nitrogen and oxygen atoms in total. The first-order chi connectivity index (χ1) is 10.9. The first-order valence-corrected chi connectivity index (χ1v) is 10.1. The number of halogens is 1. The Balaban J connectivity index is 2.08. The summed E-state index contributed by atoms with van der Waals surface area (Å²) in [7, 11) is -3.44. The molecule has 1 N–H and O–H groups in total. The molecular weight excluding hydrogens is 336 g/mol. The minimum Gasteiger partial charge on any atom is -0.324 e. The van der Waals surface area contributed by atoms with Crippen molar-refractivity contribution in [1.82, 2.24) is 4.31 Å². The Kier molecular flexibility index (Phi) is 6.44. The highest BCUT2D eigenvalue weighted by Crippen LogP contribution is 2.24. The summed E-state index contributed by atoms with van der Waals surface area (Å²) in [6.45, 7) is -0.172. The lowest BCUT2D eigenvalue weighted by Crippen LogP contribution is -2.44. The molecule has 0 radical (unpaired) electrons. The van der Waals surface area contributed by atoms with E-state index in [0.717, 1.165) is 38.5 Å². The molecule has 1 aromatic rings. The summed E-state index contributed by atoms with van der Waals surface area (Å²) in [5, 5.41) is 3.12. The van der Waals surface area contributed by atoms with Crippen LogP contribution in [-0.2, 0) is 14.8 Å². The topological polar surface area (TPSA) is 66.5 Å². The molecule has 23 heavy (non-hydrogen) atoms. The van der Waals surface area contributed by atoms with E-state index in [1.165, 1.54) is 10.6 Å². The fourth-order valence-corrected chi connectivity index (χ4v) is 4.24. The van der Waals surface area contributed by atoms with Gasteiger partial charge in [0, 0.05) is 6.04 Å². The number of benzene rings is 1. The predicted molar refractivity (Wildman–Crippen MR) is 93.1 cm³/mol. The minimum absolute atomic E-state index is 0.0931. The maximum atomic E-state index is 12.3. The third-order valence-electron chi connectivity index (χ3n) is 4.11. The number of anilines is 1. The lowest BCUT2D eigenvalue weighted by Gasteiger charge is -2.28. The SMILES string of the molecule is CS(=O)(=O)N(CC(=O)Nc1ccccc1Cl)C1CCCCCC1. The molecule has 0 aliphatic heterocycles. The normalized spacial score (nSPS) is 17.0. The van der Waals surface area contributed by atoms with E-state index in [1.54, 1.807) is 24.3 Å². The van der Waals surface area contributed by atoms with Crippen molar-refractivity contribution in [2.45, 2.75) is 44.6 Å². The molecule has 1 aromatic carbocycles. The highest BCUT2D eigenvalue weighted by atomic mass is 35.5. The second kappa shape index (κ2) is 8.13. The molecule has 0 heterocycles. The van der Waals surface area contributed by atoms with Crippen molar-refractivity contribution in [1.29, 1.82) is 0 Å². The van der Waals surface area contributed by atoms with Crippen molar-refractivity contribution >= 4 is 33.2 Å². The van der Waals surface area contributed by atoms with Crippen LogP contribution in [0.1, 0.15) is 38.5 Å². The quantitative estimate of drug-likeness (QED) is 0.821. The van der Waals surface area contributed by atoms with E-state index >= 15 is 0 Å². The molecule has 0 saturated heterocycles. The average Bonchev–Trinajstić information content (AvgIpc) is 2.75. The van der Waals surface area contributed by atoms with E-state index in [2.05, 4.69) is 5.32 Å². The number of hydrogen-bond acceptors (Lipinski definition) is 3. The van der Waals surface area contributed by atoms with Gasteiger partial charge in [-0.15, -0.1) is 0 Å². The van der Waals surface area contributed by atoms with Crippen LogP contribution in [-0.4, -0.2) is 37.5 Å². The monoisotopic (exact) mass is 358 g/mol. The van der Waals surface area contributed by atoms with Crippen LogP contribution in [0, 0.1) is 0 Å². The number of rotatable bonds is 5. The van der Waals surface area contributed by atoms with Gasteiger partial charge in [-0.25, -0.2) is 8.42 Å². The number of carbonyl (C=O) groups is 1. The zero-order chi connectivity index (χ0) is 16.9. The van der Waals surface area contributed by atoms with Crippen LogP contribution >= 0.6 is 11.6 Å². The largest absolute Gasteiger partial charge is 0.324 e. The first-order valence-electron chi connectivity index (χ1n) is 7.89. The lowest BCUT2D eigenvalue weighted by molar-refractivity contribution is -0.116. The molecular formula is C16H23ClN2O3S. The summed E-state index contributed by atoms with van der Waals surface area (Å²) < 4.78 is 25.6. The number of sulfonamides is 1. The number of nitrogens with zero attached hydrogens (tertiary/aromatic N) is 1. The summed E-state index contributed by atoms with van der Waals surface area (Å²) in [5.74, 6) is -0.368. The number of para-hydroxylation sites is 1. The van der Waals surface area contributed by atoms with E-state index < -0.39 is 10.0 Å². The number of hydrogen-bond donors (Lipinski definition) is 1. The van der Waals surface area contributed by atoms with Gasteiger partial charge in [0.1, 0.15) is 0 Å². The summed E-state index contributed by atoms with van der Waals surface area (Å²) in [6, 6.07) is 6.81. The van der Waals surface area contributed by atoms with Gasteiger partial charge >= 0.3 is 0 Å². The van der Waals surface area contributed by atoms with Gasteiger partial charge in [-0.05, 0) is 25.0 Å². The van der Waals surface area contributed by atoms with Crippen molar-refractivity contribution < 1.29 is 13.2 Å². The van der Waals surface area contributed by atoms with Gasteiger partial charge in [0.05, 0.1) is 23.5 Å². The Morgan fingerprint density at radius 2 is 1.83 bits per heavy atom. The summed E-state index contributed by atoms with van der Waals surface area (Å²) >= 11 is 6.02. The molecule has 0 aromatic heterocycles. The molecule has 7 heteroatoms. The molecule has 1 aliphatic carbocycles. The zero-order valence-electron chi connectivity index (χ0n) is 13.3. The van der Waals surface area contributed by atoms with Crippen LogP contribution in [0.15, 0.2) is 24.3 Å². The molecule has 0 atom stereocenters. The van der Waals surface area contributed by atoms with Gasteiger partial charge in [0.25, 0.3) is 0 Å². The van der Waals surface area contributed by atoms with Crippen LogP contribution in [0.2, 0.25) is 5.02 Å². The van der Waals surface area contributed by atoms with Gasteiger partial charge in [-0.2, -0.15) is 4.31 Å². The minimum atomic E-state index is -3.44. The molecule has 1 saturated carbocycles. The Morgan fingerprint density at radius 1 is 1.22 bits per heavy atom. The lowest BCUT2D eigenvalue weighted by atomic mass is 10.1. The Hall–Kier alpha value is -1.11.